The molecule has 156 valence electrons. The van der Waals surface area contributed by atoms with Gasteiger partial charge in [-0.25, -0.2) is 9.97 Å². The minimum atomic E-state index is 0.193. The van der Waals surface area contributed by atoms with E-state index < -0.39 is 0 Å². The molecule has 0 spiro atoms. The summed E-state index contributed by atoms with van der Waals surface area (Å²) in [6, 6.07) is 27.9. The quantitative estimate of drug-likeness (QED) is 0.414. The van der Waals surface area contributed by atoms with E-state index in [4.69, 9.17) is 9.15 Å². The number of nitrogens with zero attached hydrogens (tertiary/aromatic N) is 3. The van der Waals surface area contributed by atoms with Crippen molar-refractivity contribution < 1.29 is 14.3 Å². The lowest BCUT2D eigenvalue weighted by Gasteiger charge is -2.07. The van der Waals surface area contributed by atoms with E-state index in [1.54, 1.807) is 37.4 Å². The van der Waals surface area contributed by atoms with Crippen molar-refractivity contribution in [2.75, 3.05) is 7.11 Å². The molecule has 2 aromatic heterocycles. The minimum Gasteiger partial charge on any atom is -0.508 e. The predicted octanol–water partition coefficient (Wildman–Crippen LogP) is 5.50. The van der Waals surface area contributed by atoms with Crippen LogP contribution in [-0.2, 0) is 0 Å². The van der Waals surface area contributed by atoms with Gasteiger partial charge >= 0.3 is 0 Å². The monoisotopic (exact) mass is 421 g/mol. The van der Waals surface area contributed by atoms with E-state index in [0.29, 0.717) is 16.9 Å². The molecule has 0 bridgehead atoms. The van der Waals surface area contributed by atoms with Crippen molar-refractivity contribution in [2.24, 2.45) is 4.99 Å². The van der Waals surface area contributed by atoms with Gasteiger partial charge in [0.2, 0.25) is 5.55 Å². The van der Waals surface area contributed by atoms with Gasteiger partial charge in [-0.3, -0.25) is 0 Å². The molecule has 6 nitrogen and oxygen atoms in total. The molecule has 5 rings (SSSR count). The highest BCUT2D eigenvalue weighted by Gasteiger charge is 2.09. The predicted molar refractivity (Wildman–Crippen MR) is 123 cm³/mol. The largest absolute Gasteiger partial charge is 0.508 e. The second-order valence-corrected chi connectivity index (χ2v) is 7.14. The summed E-state index contributed by atoms with van der Waals surface area (Å²) >= 11 is 0. The van der Waals surface area contributed by atoms with Gasteiger partial charge in [0.15, 0.2) is 0 Å². The molecule has 32 heavy (non-hydrogen) atoms. The molecular formula is C26H19N3O3. The second kappa shape index (κ2) is 8.35. The highest BCUT2D eigenvalue weighted by molar-refractivity contribution is 5.75. The van der Waals surface area contributed by atoms with Crippen LogP contribution in [0.5, 0.6) is 11.5 Å². The van der Waals surface area contributed by atoms with Crippen molar-refractivity contribution in [3.05, 3.63) is 96.5 Å². The number of methoxy groups -OCH3 is 1. The number of aromatic hydroxyl groups is 1. The van der Waals surface area contributed by atoms with Crippen LogP contribution < -0.4 is 10.3 Å². The number of hydrogen-bond acceptors (Lipinski definition) is 6. The molecule has 0 aliphatic carbocycles. The van der Waals surface area contributed by atoms with Gasteiger partial charge in [0.1, 0.15) is 17.1 Å². The summed E-state index contributed by atoms with van der Waals surface area (Å²) in [6.45, 7) is 0. The van der Waals surface area contributed by atoms with Gasteiger partial charge in [0.25, 0.3) is 5.95 Å². The molecule has 0 unspecified atom stereocenters. The van der Waals surface area contributed by atoms with Crippen LogP contribution in [0.4, 0.5) is 5.95 Å². The zero-order chi connectivity index (χ0) is 21.9. The van der Waals surface area contributed by atoms with Gasteiger partial charge in [-0.1, -0.05) is 18.2 Å². The lowest BCUT2D eigenvalue weighted by Crippen LogP contribution is -2.00. The summed E-state index contributed by atoms with van der Waals surface area (Å²) in [5.41, 5.74) is 4.29. The number of aromatic nitrogens is 2. The molecule has 0 saturated heterocycles. The van der Waals surface area contributed by atoms with E-state index in [2.05, 4.69) is 15.0 Å². The number of benzene rings is 3. The first-order valence-corrected chi connectivity index (χ1v) is 10.0. The Bertz CT molecular complexity index is 1460. The molecule has 0 aliphatic rings. The number of rotatable bonds is 4. The number of para-hydroxylation sites is 1. The zero-order valence-electron chi connectivity index (χ0n) is 17.3. The van der Waals surface area contributed by atoms with Crippen molar-refractivity contribution in [2.45, 2.75) is 0 Å². The lowest BCUT2D eigenvalue weighted by atomic mass is 10.1. The summed E-state index contributed by atoms with van der Waals surface area (Å²) in [7, 11) is 1.63. The van der Waals surface area contributed by atoms with Crippen LogP contribution in [0, 0.1) is 0 Å². The third-order valence-electron chi connectivity index (χ3n) is 5.01. The number of phenols is 1. The third-order valence-corrected chi connectivity index (χ3v) is 5.01. The standard InChI is InChI=1S/C26H19N3O3/c1-31-21-13-8-18(9-14-21)23-16-22(17-6-11-20(30)12-7-17)27-26(28-23)29-25-15-10-19-4-2-3-5-24(19)32-25/h2-16,30H,1H3. The zero-order valence-corrected chi connectivity index (χ0v) is 17.3. The highest BCUT2D eigenvalue weighted by Crippen LogP contribution is 2.28. The molecule has 0 amide bonds. The van der Waals surface area contributed by atoms with E-state index in [0.717, 1.165) is 27.8 Å². The Balaban J connectivity index is 1.66. The van der Waals surface area contributed by atoms with Gasteiger partial charge in [-0.15, -0.1) is 0 Å². The van der Waals surface area contributed by atoms with Gasteiger partial charge in [-0.2, -0.15) is 4.99 Å². The Kier molecular flexibility index (Phi) is 5.09. The lowest BCUT2D eigenvalue weighted by molar-refractivity contribution is 0.415. The van der Waals surface area contributed by atoms with Crippen molar-refractivity contribution in [3.8, 4) is 34.0 Å². The molecule has 2 heterocycles. The third kappa shape index (κ3) is 4.06. The van der Waals surface area contributed by atoms with Crippen LogP contribution in [0.1, 0.15) is 0 Å². The molecule has 0 atom stereocenters. The Hall–Kier alpha value is -4.45. The summed E-state index contributed by atoms with van der Waals surface area (Å²) in [6.07, 6.45) is 0. The summed E-state index contributed by atoms with van der Waals surface area (Å²) < 4.78 is 11.2. The van der Waals surface area contributed by atoms with Crippen LogP contribution in [0.15, 0.2) is 100 Å². The van der Waals surface area contributed by atoms with E-state index in [1.807, 2.05) is 60.7 Å². The molecule has 5 aromatic rings. The summed E-state index contributed by atoms with van der Waals surface area (Å²) in [5.74, 6) is 1.24. The van der Waals surface area contributed by atoms with E-state index >= 15 is 0 Å². The number of fused-ring (bicyclic) bond motifs is 1. The maximum atomic E-state index is 9.65. The molecule has 3 aromatic carbocycles. The molecule has 0 saturated carbocycles. The second-order valence-electron chi connectivity index (χ2n) is 7.14. The molecule has 6 heteroatoms. The fourth-order valence-electron chi connectivity index (χ4n) is 3.35. The van der Waals surface area contributed by atoms with Crippen LogP contribution in [0.25, 0.3) is 33.5 Å². The smallest absolute Gasteiger partial charge is 0.253 e. The van der Waals surface area contributed by atoms with E-state index in [9.17, 15) is 5.11 Å². The van der Waals surface area contributed by atoms with E-state index in [1.165, 1.54) is 0 Å². The summed E-state index contributed by atoms with van der Waals surface area (Å²) in [4.78, 5) is 13.8. The first-order chi connectivity index (χ1) is 15.7. The Morgan fingerprint density at radius 2 is 1.44 bits per heavy atom. The topological polar surface area (TPSA) is 80.7 Å². The first kappa shape index (κ1) is 19.5. The average Bonchev–Trinajstić information content (AvgIpc) is 2.84. The maximum absolute atomic E-state index is 9.65. The highest BCUT2D eigenvalue weighted by atomic mass is 16.5. The van der Waals surface area contributed by atoms with E-state index in [-0.39, 0.29) is 11.7 Å². The minimum absolute atomic E-state index is 0.193. The normalized spacial score (nSPS) is 11.6. The Labute approximate surface area is 184 Å². The van der Waals surface area contributed by atoms with Gasteiger partial charge in [0.05, 0.1) is 18.5 Å². The van der Waals surface area contributed by atoms with Crippen molar-refractivity contribution >= 4 is 16.9 Å². The fourth-order valence-corrected chi connectivity index (χ4v) is 3.35. The first-order valence-electron chi connectivity index (χ1n) is 10.0. The molecule has 0 radical (unpaired) electrons. The van der Waals surface area contributed by atoms with Crippen LogP contribution in [0.3, 0.4) is 0 Å². The van der Waals surface area contributed by atoms with Crippen molar-refractivity contribution in [3.63, 3.8) is 0 Å². The summed E-state index contributed by atoms with van der Waals surface area (Å²) in [5, 5.41) is 10.6. The maximum Gasteiger partial charge on any atom is 0.253 e. The molecule has 0 fully saturated rings. The van der Waals surface area contributed by atoms with Gasteiger partial charge in [-0.05, 0) is 66.7 Å². The Morgan fingerprint density at radius 3 is 2.12 bits per heavy atom. The van der Waals surface area contributed by atoms with Crippen molar-refractivity contribution in [1.82, 2.24) is 9.97 Å². The Morgan fingerprint density at radius 1 is 0.781 bits per heavy atom. The molecular weight excluding hydrogens is 402 g/mol. The van der Waals surface area contributed by atoms with Crippen LogP contribution in [-0.4, -0.2) is 22.2 Å². The van der Waals surface area contributed by atoms with Gasteiger partial charge in [0, 0.05) is 22.6 Å². The van der Waals surface area contributed by atoms with Crippen LogP contribution >= 0.6 is 0 Å². The number of phenolic OH excluding ortho intramolecular Hbond substituents is 1. The van der Waals surface area contributed by atoms with Crippen molar-refractivity contribution in [1.29, 1.82) is 0 Å². The van der Waals surface area contributed by atoms with Crippen LogP contribution in [0.2, 0.25) is 0 Å². The SMILES string of the molecule is COc1ccc(-c2cc(-c3ccc(O)cc3)nc(N=c3ccc4ccccc4o3)n2)cc1. The number of hydrogen-bond donors (Lipinski definition) is 1. The average molecular weight is 421 g/mol. The molecule has 0 aliphatic heterocycles. The molecule has 1 N–H and O–H groups in total. The van der Waals surface area contributed by atoms with Gasteiger partial charge < -0.3 is 14.3 Å². The number of ether oxygens (including phenoxy) is 1. The fraction of sp³-hybridized carbons (Fsp3) is 0.0385.